The number of aromatic nitrogens is 2. The van der Waals surface area contributed by atoms with Crippen LogP contribution < -0.4 is 19.5 Å². The van der Waals surface area contributed by atoms with Crippen LogP contribution in [-0.4, -0.2) is 36.0 Å². The molecule has 0 atom stereocenters. The Morgan fingerprint density at radius 2 is 1.86 bits per heavy atom. The number of ether oxygens (including phenoxy) is 3. The van der Waals surface area contributed by atoms with Crippen molar-refractivity contribution in [3.05, 3.63) is 66.0 Å². The number of rotatable bonds is 6. The van der Waals surface area contributed by atoms with Gasteiger partial charge in [-0.1, -0.05) is 0 Å². The first kappa shape index (κ1) is 17.7. The number of hydrogen-bond donors (Lipinski definition) is 1. The smallest absolute Gasteiger partial charge is 0.251 e. The summed E-state index contributed by atoms with van der Waals surface area (Å²) in [7, 11) is 0. The monoisotopic (exact) mass is 381 g/mol. The molecule has 2 heterocycles. The standard InChI is InChI=1S/C20H16FN3O4/c21-15-4-1-13(2-5-15)16-6-8-19(24-23-16)26-10-9-22-20(25)14-3-7-17-18(11-14)28-12-27-17/h1-8,11H,9-10,12H2,(H,22,25). The number of nitrogens with one attached hydrogen (secondary N) is 1. The summed E-state index contributed by atoms with van der Waals surface area (Å²) in [4.78, 5) is 12.2. The zero-order chi connectivity index (χ0) is 19.3. The molecule has 0 fully saturated rings. The average molecular weight is 381 g/mol. The SMILES string of the molecule is O=C(NCCOc1ccc(-c2ccc(F)cc2)nn1)c1ccc2c(c1)OCO2. The Bertz CT molecular complexity index is 978. The van der Waals surface area contributed by atoms with Crippen LogP contribution in [0.3, 0.4) is 0 Å². The van der Waals surface area contributed by atoms with Gasteiger partial charge in [-0.2, -0.15) is 0 Å². The maximum atomic E-state index is 13.0. The Balaban J connectivity index is 1.26. The van der Waals surface area contributed by atoms with Gasteiger partial charge in [-0.05, 0) is 48.5 Å². The van der Waals surface area contributed by atoms with Crippen molar-refractivity contribution in [3.63, 3.8) is 0 Å². The van der Waals surface area contributed by atoms with Crippen molar-refractivity contribution in [1.82, 2.24) is 15.5 Å². The van der Waals surface area contributed by atoms with Gasteiger partial charge in [-0.15, -0.1) is 10.2 Å². The Kier molecular flexibility index (Phi) is 5.01. The fourth-order valence-electron chi connectivity index (χ4n) is 2.63. The topological polar surface area (TPSA) is 82.6 Å². The highest BCUT2D eigenvalue weighted by Crippen LogP contribution is 2.32. The molecular formula is C20H16FN3O4. The number of carbonyl (C=O) groups excluding carboxylic acids is 1. The maximum absolute atomic E-state index is 13.0. The van der Waals surface area contributed by atoms with Crippen molar-refractivity contribution in [3.8, 4) is 28.6 Å². The van der Waals surface area contributed by atoms with E-state index in [1.807, 2.05) is 0 Å². The molecule has 0 radical (unpaired) electrons. The summed E-state index contributed by atoms with van der Waals surface area (Å²) >= 11 is 0. The first-order chi connectivity index (χ1) is 13.7. The van der Waals surface area contributed by atoms with E-state index in [0.29, 0.717) is 35.2 Å². The number of benzene rings is 2. The van der Waals surface area contributed by atoms with Crippen LogP contribution in [0.2, 0.25) is 0 Å². The molecule has 1 aliphatic heterocycles. The van der Waals surface area contributed by atoms with Crippen molar-refractivity contribution < 1.29 is 23.4 Å². The zero-order valence-electron chi connectivity index (χ0n) is 14.7. The Morgan fingerprint density at radius 1 is 1.04 bits per heavy atom. The summed E-state index contributed by atoms with van der Waals surface area (Å²) in [5.41, 5.74) is 1.85. The minimum atomic E-state index is -0.306. The summed E-state index contributed by atoms with van der Waals surface area (Å²) < 4.78 is 28.9. The van der Waals surface area contributed by atoms with E-state index in [1.54, 1.807) is 42.5 Å². The lowest BCUT2D eigenvalue weighted by Crippen LogP contribution is -2.28. The molecule has 3 aromatic rings. The predicted molar refractivity (Wildman–Crippen MR) is 97.8 cm³/mol. The highest BCUT2D eigenvalue weighted by atomic mass is 19.1. The zero-order valence-corrected chi connectivity index (χ0v) is 14.7. The Labute approximate surface area is 160 Å². The molecular weight excluding hydrogens is 365 g/mol. The quantitative estimate of drug-likeness (QED) is 0.661. The minimum absolute atomic E-state index is 0.162. The maximum Gasteiger partial charge on any atom is 0.251 e. The summed E-state index contributed by atoms with van der Waals surface area (Å²) in [6.07, 6.45) is 0. The third kappa shape index (κ3) is 4.01. The van der Waals surface area contributed by atoms with Gasteiger partial charge in [0.05, 0.1) is 12.2 Å². The van der Waals surface area contributed by atoms with Crippen molar-refractivity contribution in [2.45, 2.75) is 0 Å². The van der Waals surface area contributed by atoms with Crippen LogP contribution in [0.1, 0.15) is 10.4 Å². The number of carbonyl (C=O) groups is 1. The van der Waals surface area contributed by atoms with E-state index in [-0.39, 0.29) is 25.1 Å². The molecule has 0 saturated carbocycles. The molecule has 1 amide bonds. The molecule has 2 aromatic carbocycles. The van der Waals surface area contributed by atoms with Gasteiger partial charge >= 0.3 is 0 Å². The number of amides is 1. The second kappa shape index (κ2) is 7.91. The number of halogens is 1. The van der Waals surface area contributed by atoms with Crippen LogP contribution in [0.25, 0.3) is 11.3 Å². The van der Waals surface area contributed by atoms with Crippen molar-refractivity contribution in [1.29, 1.82) is 0 Å². The van der Waals surface area contributed by atoms with Gasteiger partial charge in [0.25, 0.3) is 5.91 Å². The van der Waals surface area contributed by atoms with Crippen LogP contribution in [0.4, 0.5) is 4.39 Å². The summed E-state index contributed by atoms with van der Waals surface area (Å²) in [6.45, 7) is 0.699. The van der Waals surface area contributed by atoms with Gasteiger partial charge in [0.2, 0.25) is 12.7 Å². The highest BCUT2D eigenvalue weighted by molar-refractivity contribution is 5.94. The summed E-state index contributed by atoms with van der Waals surface area (Å²) in [5, 5.41) is 10.8. The lowest BCUT2D eigenvalue weighted by molar-refractivity contribution is 0.0946. The van der Waals surface area contributed by atoms with E-state index < -0.39 is 0 Å². The van der Waals surface area contributed by atoms with E-state index in [9.17, 15) is 9.18 Å². The Morgan fingerprint density at radius 3 is 2.64 bits per heavy atom. The summed E-state index contributed by atoms with van der Waals surface area (Å²) in [5.74, 6) is 0.977. The van der Waals surface area contributed by atoms with Crippen LogP contribution in [0, 0.1) is 5.82 Å². The predicted octanol–water partition coefficient (Wildman–Crippen LogP) is 2.82. The van der Waals surface area contributed by atoms with Crippen LogP contribution >= 0.6 is 0 Å². The van der Waals surface area contributed by atoms with Gasteiger partial charge in [-0.3, -0.25) is 4.79 Å². The molecule has 4 rings (SSSR count). The molecule has 7 nitrogen and oxygen atoms in total. The first-order valence-electron chi connectivity index (χ1n) is 8.59. The van der Waals surface area contributed by atoms with Gasteiger partial charge in [0.1, 0.15) is 12.4 Å². The molecule has 0 saturated heterocycles. The van der Waals surface area contributed by atoms with Gasteiger partial charge in [0.15, 0.2) is 11.5 Å². The van der Waals surface area contributed by atoms with Crippen LogP contribution in [-0.2, 0) is 0 Å². The van der Waals surface area contributed by atoms with E-state index in [2.05, 4.69) is 15.5 Å². The van der Waals surface area contributed by atoms with Crippen molar-refractivity contribution >= 4 is 5.91 Å². The third-order valence-electron chi connectivity index (χ3n) is 4.05. The largest absolute Gasteiger partial charge is 0.475 e. The summed E-state index contributed by atoms with van der Waals surface area (Å²) in [6, 6.07) is 14.4. The van der Waals surface area contributed by atoms with Gasteiger partial charge in [0, 0.05) is 17.2 Å². The number of hydrogen-bond acceptors (Lipinski definition) is 6. The van der Waals surface area contributed by atoms with Crippen LogP contribution in [0.5, 0.6) is 17.4 Å². The van der Waals surface area contributed by atoms with Gasteiger partial charge < -0.3 is 19.5 Å². The van der Waals surface area contributed by atoms with E-state index in [1.165, 1.54) is 12.1 Å². The molecule has 0 spiro atoms. The lowest BCUT2D eigenvalue weighted by atomic mass is 10.1. The highest BCUT2D eigenvalue weighted by Gasteiger charge is 2.16. The molecule has 142 valence electrons. The molecule has 0 bridgehead atoms. The average Bonchev–Trinajstić information content (AvgIpc) is 3.20. The van der Waals surface area contributed by atoms with E-state index in [4.69, 9.17) is 14.2 Å². The molecule has 0 unspecified atom stereocenters. The van der Waals surface area contributed by atoms with Crippen molar-refractivity contribution in [2.75, 3.05) is 19.9 Å². The Hall–Kier alpha value is -3.68. The first-order valence-corrected chi connectivity index (χ1v) is 8.59. The van der Waals surface area contributed by atoms with E-state index >= 15 is 0 Å². The van der Waals surface area contributed by atoms with Gasteiger partial charge in [-0.25, -0.2) is 4.39 Å². The fourth-order valence-corrected chi connectivity index (χ4v) is 2.63. The molecule has 1 N–H and O–H groups in total. The number of fused-ring (bicyclic) bond motifs is 1. The molecule has 0 aliphatic carbocycles. The fraction of sp³-hybridized carbons (Fsp3) is 0.150. The number of nitrogens with zero attached hydrogens (tertiary/aromatic N) is 2. The van der Waals surface area contributed by atoms with Crippen LogP contribution in [0.15, 0.2) is 54.6 Å². The molecule has 1 aromatic heterocycles. The second-order valence-electron chi connectivity index (χ2n) is 5.94. The van der Waals surface area contributed by atoms with Crippen molar-refractivity contribution in [2.24, 2.45) is 0 Å². The van der Waals surface area contributed by atoms with E-state index in [0.717, 1.165) is 5.56 Å². The molecule has 1 aliphatic rings. The molecule has 8 heteroatoms. The molecule has 28 heavy (non-hydrogen) atoms. The minimum Gasteiger partial charge on any atom is -0.475 e. The lowest BCUT2D eigenvalue weighted by Gasteiger charge is -2.08. The normalized spacial score (nSPS) is 11.9. The third-order valence-corrected chi connectivity index (χ3v) is 4.05. The second-order valence-corrected chi connectivity index (χ2v) is 5.94.